The Hall–Kier alpha value is -6.39. The van der Waals surface area contributed by atoms with Crippen LogP contribution in [0, 0.1) is 0 Å². The van der Waals surface area contributed by atoms with E-state index >= 15 is 0 Å². The minimum atomic E-state index is 0.605. The highest BCUT2D eigenvalue weighted by Crippen LogP contribution is 2.34. The van der Waals surface area contributed by atoms with Crippen LogP contribution in [0.1, 0.15) is 0 Å². The van der Waals surface area contributed by atoms with Gasteiger partial charge in [0.1, 0.15) is 5.69 Å². The van der Waals surface area contributed by atoms with Gasteiger partial charge in [0.15, 0.2) is 5.82 Å². The first-order valence-electron chi connectivity index (χ1n) is 15.8. The molecular weight excluding hydrogens is 573 g/mol. The second kappa shape index (κ2) is 11.2. The van der Waals surface area contributed by atoms with E-state index in [0.717, 1.165) is 55.9 Å². The maximum atomic E-state index is 5.07. The van der Waals surface area contributed by atoms with Crippen molar-refractivity contribution < 1.29 is 0 Å². The molecule has 4 heteroatoms. The van der Waals surface area contributed by atoms with Gasteiger partial charge in [0, 0.05) is 33.0 Å². The second-order valence-corrected chi connectivity index (χ2v) is 11.7. The monoisotopic (exact) mass is 600 g/mol. The molecule has 0 bridgehead atoms. The summed E-state index contributed by atoms with van der Waals surface area (Å²) in [6.45, 7) is 0. The van der Waals surface area contributed by atoms with Gasteiger partial charge in [-0.15, -0.1) is 0 Å². The van der Waals surface area contributed by atoms with Gasteiger partial charge in [-0.05, 0) is 59.7 Å². The van der Waals surface area contributed by atoms with Gasteiger partial charge < -0.3 is 4.57 Å². The van der Waals surface area contributed by atoms with Gasteiger partial charge in [0.25, 0.3) is 0 Å². The summed E-state index contributed by atoms with van der Waals surface area (Å²) in [5.41, 5.74) is 11.3. The fourth-order valence-electron chi connectivity index (χ4n) is 6.52. The molecule has 0 saturated carbocycles. The lowest BCUT2D eigenvalue weighted by molar-refractivity contribution is 1.16. The predicted octanol–water partition coefficient (Wildman–Crippen LogP) is 10.8. The number of aromatic nitrogens is 4. The molecule has 4 nitrogen and oxygen atoms in total. The SMILES string of the molecule is c1ccc(-c2cc(-c3cccc(-c4ccc(-n5c6ccccc6c6ccccc65)cc4)c3)nc(-c3ccc4ccccc4n3)n2)cc1. The van der Waals surface area contributed by atoms with Crippen LogP contribution in [0.3, 0.4) is 0 Å². The van der Waals surface area contributed by atoms with Crippen molar-refractivity contribution in [3.8, 4) is 50.8 Å². The first kappa shape index (κ1) is 27.0. The van der Waals surface area contributed by atoms with E-state index in [1.807, 2.05) is 42.5 Å². The Morgan fingerprint density at radius 1 is 0.362 bits per heavy atom. The van der Waals surface area contributed by atoms with E-state index in [2.05, 4.69) is 132 Å². The Balaban J connectivity index is 1.12. The highest BCUT2D eigenvalue weighted by Gasteiger charge is 2.14. The summed E-state index contributed by atoms with van der Waals surface area (Å²) in [6, 6.07) is 59.2. The molecule has 0 aliphatic carbocycles. The molecule has 0 radical (unpaired) electrons. The number of nitrogens with zero attached hydrogens (tertiary/aromatic N) is 4. The lowest BCUT2D eigenvalue weighted by Crippen LogP contribution is -1.98. The molecule has 0 aliphatic heterocycles. The van der Waals surface area contributed by atoms with Crippen molar-refractivity contribution in [2.24, 2.45) is 0 Å². The van der Waals surface area contributed by atoms with Crippen LogP contribution < -0.4 is 0 Å². The molecule has 0 aliphatic rings. The first-order chi connectivity index (χ1) is 23.3. The number of pyridine rings is 1. The minimum Gasteiger partial charge on any atom is -0.309 e. The summed E-state index contributed by atoms with van der Waals surface area (Å²) in [6.07, 6.45) is 0. The summed E-state index contributed by atoms with van der Waals surface area (Å²) < 4.78 is 2.35. The molecule has 3 aromatic heterocycles. The van der Waals surface area contributed by atoms with Gasteiger partial charge in [-0.3, -0.25) is 0 Å². The average Bonchev–Trinajstić information content (AvgIpc) is 3.49. The summed E-state index contributed by atoms with van der Waals surface area (Å²) in [4.78, 5) is 15.0. The fourth-order valence-corrected chi connectivity index (χ4v) is 6.52. The van der Waals surface area contributed by atoms with E-state index in [1.165, 1.54) is 21.8 Å². The summed E-state index contributed by atoms with van der Waals surface area (Å²) in [7, 11) is 0. The third-order valence-electron chi connectivity index (χ3n) is 8.82. The molecule has 0 saturated heterocycles. The normalized spacial score (nSPS) is 11.4. The van der Waals surface area contributed by atoms with E-state index < -0.39 is 0 Å². The van der Waals surface area contributed by atoms with Crippen molar-refractivity contribution in [2.75, 3.05) is 0 Å². The standard InChI is InChI=1S/C43H28N4/c1-2-11-30(12-3-1)39-28-40(46-43(45-39)38-26-23-31-13-4-7-18-37(31)44-38)33-15-10-14-32(27-33)29-21-24-34(25-22-29)47-41-19-8-5-16-35(41)36-17-6-9-20-42(36)47/h1-28H. The van der Waals surface area contributed by atoms with Gasteiger partial charge in [-0.25, -0.2) is 15.0 Å². The predicted molar refractivity (Wildman–Crippen MR) is 193 cm³/mol. The molecule has 220 valence electrons. The van der Waals surface area contributed by atoms with Crippen molar-refractivity contribution in [3.63, 3.8) is 0 Å². The van der Waals surface area contributed by atoms with Gasteiger partial charge in [-0.1, -0.05) is 121 Å². The molecule has 47 heavy (non-hydrogen) atoms. The number of para-hydroxylation sites is 3. The molecule has 0 fully saturated rings. The van der Waals surface area contributed by atoms with Crippen LogP contribution in [-0.2, 0) is 0 Å². The molecule has 3 heterocycles. The van der Waals surface area contributed by atoms with E-state index in [9.17, 15) is 0 Å². The van der Waals surface area contributed by atoms with Crippen LogP contribution in [0.4, 0.5) is 0 Å². The van der Waals surface area contributed by atoms with Crippen LogP contribution >= 0.6 is 0 Å². The van der Waals surface area contributed by atoms with Crippen molar-refractivity contribution in [1.29, 1.82) is 0 Å². The minimum absolute atomic E-state index is 0.605. The smallest absolute Gasteiger partial charge is 0.179 e. The Morgan fingerprint density at radius 2 is 0.979 bits per heavy atom. The Bertz CT molecular complexity index is 2510. The third-order valence-corrected chi connectivity index (χ3v) is 8.82. The molecule has 0 unspecified atom stereocenters. The molecule has 0 amide bonds. The highest BCUT2D eigenvalue weighted by atomic mass is 15.0. The summed E-state index contributed by atoms with van der Waals surface area (Å²) in [5.74, 6) is 0.605. The van der Waals surface area contributed by atoms with Crippen molar-refractivity contribution in [2.45, 2.75) is 0 Å². The zero-order valence-electron chi connectivity index (χ0n) is 25.5. The number of benzene rings is 6. The molecule has 0 spiro atoms. The molecule has 9 aromatic rings. The van der Waals surface area contributed by atoms with Gasteiger partial charge in [0.2, 0.25) is 0 Å². The maximum Gasteiger partial charge on any atom is 0.179 e. The Morgan fingerprint density at radius 3 is 1.74 bits per heavy atom. The fraction of sp³-hybridized carbons (Fsp3) is 0. The van der Waals surface area contributed by atoms with Crippen LogP contribution in [0.25, 0.3) is 83.6 Å². The number of fused-ring (bicyclic) bond motifs is 4. The topological polar surface area (TPSA) is 43.6 Å². The van der Waals surface area contributed by atoms with Crippen molar-refractivity contribution >= 4 is 32.7 Å². The number of hydrogen-bond acceptors (Lipinski definition) is 3. The zero-order valence-corrected chi connectivity index (χ0v) is 25.5. The van der Waals surface area contributed by atoms with Crippen molar-refractivity contribution in [1.82, 2.24) is 19.5 Å². The molecule has 0 N–H and O–H groups in total. The lowest BCUT2D eigenvalue weighted by Gasteiger charge is -2.12. The van der Waals surface area contributed by atoms with Crippen LogP contribution in [-0.4, -0.2) is 19.5 Å². The van der Waals surface area contributed by atoms with Gasteiger partial charge in [-0.2, -0.15) is 0 Å². The Labute approximate surface area is 272 Å². The van der Waals surface area contributed by atoms with Gasteiger partial charge >= 0.3 is 0 Å². The number of hydrogen-bond donors (Lipinski definition) is 0. The molecule has 9 rings (SSSR count). The zero-order chi connectivity index (χ0) is 31.2. The highest BCUT2D eigenvalue weighted by molar-refractivity contribution is 6.09. The molecule has 0 atom stereocenters. The van der Waals surface area contributed by atoms with Crippen LogP contribution in [0.15, 0.2) is 170 Å². The molecule has 6 aromatic carbocycles. The lowest BCUT2D eigenvalue weighted by atomic mass is 10.0. The number of rotatable bonds is 5. The van der Waals surface area contributed by atoms with E-state index in [1.54, 1.807) is 0 Å². The van der Waals surface area contributed by atoms with Crippen LogP contribution in [0.2, 0.25) is 0 Å². The Kier molecular flexibility index (Phi) is 6.43. The summed E-state index contributed by atoms with van der Waals surface area (Å²) >= 11 is 0. The van der Waals surface area contributed by atoms with Crippen molar-refractivity contribution in [3.05, 3.63) is 170 Å². The maximum absolute atomic E-state index is 5.07. The van der Waals surface area contributed by atoms with E-state index in [-0.39, 0.29) is 0 Å². The van der Waals surface area contributed by atoms with Gasteiger partial charge in [0.05, 0.1) is 27.9 Å². The summed E-state index contributed by atoms with van der Waals surface area (Å²) in [5, 5.41) is 3.61. The largest absolute Gasteiger partial charge is 0.309 e. The van der Waals surface area contributed by atoms with E-state index in [4.69, 9.17) is 15.0 Å². The average molecular weight is 601 g/mol. The van der Waals surface area contributed by atoms with Crippen LogP contribution in [0.5, 0.6) is 0 Å². The quantitative estimate of drug-likeness (QED) is 0.197. The second-order valence-electron chi connectivity index (χ2n) is 11.7. The first-order valence-corrected chi connectivity index (χ1v) is 15.8. The molecular formula is C43H28N4. The third kappa shape index (κ3) is 4.84. The van der Waals surface area contributed by atoms with E-state index in [0.29, 0.717) is 5.82 Å².